The number of anilines is 1. The topological polar surface area (TPSA) is 39.1 Å². The van der Waals surface area contributed by atoms with Crippen molar-refractivity contribution in [2.24, 2.45) is 0 Å². The molecular formula is C14H18FN3O. The Balaban J connectivity index is 2.28. The van der Waals surface area contributed by atoms with Crippen LogP contribution in [0.25, 0.3) is 5.69 Å². The van der Waals surface area contributed by atoms with E-state index in [1.165, 1.54) is 12.1 Å². The van der Waals surface area contributed by atoms with E-state index in [0.29, 0.717) is 6.61 Å². The summed E-state index contributed by atoms with van der Waals surface area (Å²) in [6.07, 6.45) is 3.56. The lowest BCUT2D eigenvalue weighted by atomic mass is 10.2. The van der Waals surface area contributed by atoms with Crippen LogP contribution in [0.3, 0.4) is 0 Å². The van der Waals surface area contributed by atoms with Crippen molar-refractivity contribution in [2.45, 2.75) is 19.9 Å². The fraction of sp³-hybridized carbons (Fsp3) is 0.357. The van der Waals surface area contributed by atoms with Gasteiger partial charge in [-0.1, -0.05) is 0 Å². The zero-order valence-electron chi connectivity index (χ0n) is 11.4. The first-order chi connectivity index (χ1) is 9.11. The molecule has 0 radical (unpaired) electrons. The third-order valence-electron chi connectivity index (χ3n) is 2.85. The molecule has 2 rings (SSSR count). The van der Waals surface area contributed by atoms with Crippen LogP contribution in [-0.2, 0) is 4.74 Å². The summed E-state index contributed by atoms with van der Waals surface area (Å²) in [4.78, 5) is 4.28. The van der Waals surface area contributed by atoms with E-state index in [1.807, 2.05) is 24.6 Å². The summed E-state index contributed by atoms with van der Waals surface area (Å²) in [5.41, 5.74) is 1.77. The smallest absolute Gasteiger partial charge is 0.207 e. The van der Waals surface area contributed by atoms with Crippen molar-refractivity contribution in [1.82, 2.24) is 9.55 Å². The Morgan fingerprint density at radius 3 is 2.95 bits per heavy atom. The van der Waals surface area contributed by atoms with E-state index >= 15 is 0 Å². The Hall–Kier alpha value is -1.88. The van der Waals surface area contributed by atoms with Crippen LogP contribution in [0.2, 0.25) is 0 Å². The SMILES string of the molecule is COCC(C)Nc1nccn1-c1ccc(F)cc1C. The summed E-state index contributed by atoms with van der Waals surface area (Å²) < 4.78 is 20.1. The molecule has 1 aromatic heterocycles. The molecule has 0 aliphatic heterocycles. The maximum absolute atomic E-state index is 13.1. The summed E-state index contributed by atoms with van der Waals surface area (Å²) in [5, 5.41) is 3.26. The summed E-state index contributed by atoms with van der Waals surface area (Å²) in [7, 11) is 1.66. The Bertz CT molecular complexity index is 553. The highest BCUT2D eigenvalue weighted by molar-refractivity contribution is 5.47. The fourth-order valence-electron chi connectivity index (χ4n) is 2.01. The minimum atomic E-state index is -0.233. The molecule has 0 fully saturated rings. The number of rotatable bonds is 5. The number of hydrogen-bond donors (Lipinski definition) is 1. The second-order valence-electron chi connectivity index (χ2n) is 4.55. The Labute approximate surface area is 112 Å². The zero-order valence-corrected chi connectivity index (χ0v) is 11.4. The quantitative estimate of drug-likeness (QED) is 0.901. The van der Waals surface area contributed by atoms with Crippen LogP contribution in [0.1, 0.15) is 12.5 Å². The predicted octanol–water partition coefficient (Wildman–Crippen LogP) is 2.77. The second-order valence-corrected chi connectivity index (χ2v) is 4.55. The molecule has 0 aliphatic rings. The van der Waals surface area contributed by atoms with Gasteiger partial charge in [0.25, 0.3) is 0 Å². The van der Waals surface area contributed by atoms with E-state index in [-0.39, 0.29) is 11.9 Å². The van der Waals surface area contributed by atoms with Crippen LogP contribution in [0.4, 0.5) is 10.3 Å². The van der Waals surface area contributed by atoms with Crippen LogP contribution in [0.5, 0.6) is 0 Å². The zero-order chi connectivity index (χ0) is 13.8. The third-order valence-corrected chi connectivity index (χ3v) is 2.85. The molecule has 2 aromatic rings. The highest BCUT2D eigenvalue weighted by Gasteiger charge is 2.10. The van der Waals surface area contributed by atoms with Gasteiger partial charge >= 0.3 is 0 Å². The van der Waals surface area contributed by atoms with E-state index in [0.717, 1.165) is 17.2 Å². The van der Waals surface area contributed by atoms with Crippen LogP contribution in [0.15, 0.2) is 30.6 Å². The first kappa shape index (κ1) is 13.5. The van der Waals surface area contributed by atoms with Crippen LogP contribution in [0, 0.1) is 12.7 Å². The van der Waals surface area contributed by atoms with Gasteiger partial charge in [0.2, 0.25) is 5.95 Å². The van der Waals surface area contributed by atoms with Gasteiger partial charge in [0.15, 0.2) is 0 Å². The first-order valence-electron chi connectivity index (χ1n) is 6.17. The number of nitrogens with one attached hydrogen (secondary N) is 1. The lowest BCUT2D eigenvalue weighted by Gasteiger charge is -2.16. The number of hydrogen-bond acceptors (Lipinski definition) is 3. The van der Waals surface area contributed by atoms with Crippen molar-refractivity contribution in [3.05, 3.63) is 42.0 Å². The van der Waals surface area contributed by atoms with Gasteiger partial charge in [0, 0.05) is 25.5 Å². The molecule has 1 heterocycles. The minimum Gasteiger partial charge on any atom is -0.383 e. The summed E-state index contributed by atoms with van der Waals surface area (Å²) >= 11 is 0. The standard InChI is InChI=1S/C14H18FN3O/c1-10-8-12(15)4-5-13(10)18-7-6-16-14(18)17-11(2)9-19-3/h4-8,11H,9H2,1-3H3,(H,16,17). The maximum atomic E-state index is 13.1. The Morgan fingerprint density at radius 1 is 1.47 bits per heavy atom. The summed E-state index contributed by atoms with van der Waals surface area (Å²) in [6.45, 7) is 4.48. The second kappa shape index (κ2) is 5.84. The first-order valence-corrected chi connectivity index (χ1v) is 6.17. The van der Waals surface area contributed by atoms with Gasteiger partial charge in [-0.15, -0.1) is 0 Å². The number of imidazole rings is 1. The van der Waals surface area contributed by atoms with Crippen molar-refractivity contribution in [3.63, 3.8) is 0 Å². The van der Waals surface area contributed by atoms with Gasteiger partial charge in [0.05, 0.1) is 12.3 Å². The molecule has 0 spiro atoms. The molecule has 1 atom stereocenters. The molecule has 0 saturated heterocycles. The minimum absolute atomic E-state index is 0.145. The van der Waals surface area contributed by atoms with E-state index in [9.17, 15) is 4.39 Å². The van der Waals surface area contributed by atoms with Gasteiger partial charge in [-0.05, 0) is 37.6 Å². The molecule has 0 bridgehead atoms. The molecular weight excluding hydrogens is 245 g/mol. The number of nitrogens with zero attached hydrogens (tertiary/aromatic N) is 2. The number of halogens is 1. The van der Waals surface area contributed by atoms with Gasteiger partial charge < -0.3 is 10.1 Å². The molecule has 0 amide bonds. The predicted molar refractivity (Wildman–Crippen MR) is 73.2 cm³/mol. The van der Waals surface area contributed by atoms with Gasteiger partial charge in [0.1, 0.15) is 5.82 Å². The van der Waals surface area contributed by atoms with Crippen molar-refractivity contribution in [3.8, 4) is 5.69 Å². The Kier molecular flexibility index (Phi) is 4.16. The van der Waals surface area contributed by atoms with Crippen molar-refractivity contribution in [1.29, 1.82) is 0 Å². The number of benzene rings is 1. The van der Waals surface area contributed by atoms with Gasteiger partial charge in [-0.2, -0.15) is 0 Å². The number of ether oxygens (including phenoxy) is 1. The monoisotopic (exact) mass is 263 g/mol. The highest BCUT2D eigenvalue weighted by Crippen LogP contribution is 2.19. The molecule has 1 N–H and O–H groups in total. The average molecular weight is 263 g/mol. The van der Waals surface area contributed by atoms with Crippen LogP contribution in [-0.4, -0.2) is 29.3 Å². The number of aryl methyl sites for hydroxylation is 1. The van der Waals surface area contributed by atoms with Gasteiger partial charge in [-0.25, -0.2) is 9.37 Å². The van der Waals surface area contributed by atoms with Crippen molar-refractivity contribution < 1.29 is 9.13 Å². The number of aromatic nitrogens is 2. The van der Waals surface area contributed by atoms with E-state index < -0.39 is 0 Å². The molecule has 5 heteroatoms. The largest absolute Gasteiger partial charge is 0.383 e. The van der Waals surface area contributed by atoms with Crippen LogP contribution < -0.4 is 5.32 Å². The molecule has 102 valence electrons. The Morgan fingerprint density at radius 2 is 2.26 bits per heavy atom. The molecule has 1 aromatic carbocycles. The van der Waals surface area contributed by atoms with E-state index in [1.54, 1.807) is 19.4 Å². The molecule has 19 heavy (non-hydrogen) atoms. The lowest BCUT2D eigenvalue weighted by molar-refractivity contribution is 0.190. The number of methoxy groups -OCH3 is 1. The third kappa shape index (κ3) is 3.12. The highest BCUT2D eigenvalue weighted by atomic mass is 19.1. The summed E-state index contributed by atoms with van der Waals surface area (Å²) in [6, 6.07) is 4.85. The lowest BCUT2D eigenvalue weighted by Crippen LogP contribution is -2.23. The maximum Gasteiger partial charge on any atom is 0.207 e. The van der Waals surface area contributed by atoms with Crippen LogP contribution >= 0.6 is 0 Å². The molecule has 0 aliphatic carbocycles. The van der Waals surface area contributed by atoms with Crippen molar-refractivity contribution >= 4 is 5.95 Å². The molecule has 1 unspecified atom stereocenters. The normalized spacial score (nSPS) is 12.4. The van der Waals surface area contributed by atoms with Gasteiger partial charge in [-0.3, -0.25) is 4.57 Å². The van der Waals surface area contributed by atoms with Crippen molar-refractivity contribution in [2.75, 3.05) is 19.0 Å². The molecule has 4 nitrogen and oxygen atoms in total. The van der Waals surface area contributed by atoms with E-state index in [4.69, 9.17) is 4.74 Å². The fourth-order valence-corrected chi connectivity index (χ4v) is 2.01. The average Bonchev–Trinajstić information content (AvgIpc) is 2.77. The molecule has 0 saturated carbocycles. The van der Waals surface area contributed by atoms with E-state index in [2.05, 4.69) is 10.3 Å². The summed E-state index contributed by atoms with van der Waals surface area (Å²) in [5.74, 6) is 0.489.